The molecule has 54 valence electrons. The lowest BCUT2D eigenvalue weighted by Gasteiger charge is -1.99. The molecule has 10 heavy (non-hydrogen) atoms. The minimum atomic E-state index is 0.586. The lowest BCUT2D eigenvalue weighted by Crippen LogP contribution is -1.97. The molecule has 0 aromatic carbocycles. The van der Waals surface area contributed by atoms with Gasteiger partial charge in [0.25, 0.3) is 0 Å². The van der Waals surface area contributed by atoms with Crippen LogP contribution in [0.5, 0.6) is 0 Å². The van der Waals surface area contributed by atoms with Crippen LogP contribution in [0, 0.1) is 0 Å². The van der Waals surface area contributed by atoms with Gasteiger partial charge in [-0.05, 0) is 18.1 Å². The van der Waals surface area contributed by atoms with E-state index in [1.165, 1.54) is 0 Å². The maximum atomic E-state index is 5.54. The van der Waals surface area contributed by atoms with Crippen LogP contribution in [0.3, 0.4) is 0 Å². The first-order valence-electron chi connectivity index (χ1n) is 3.10. The maximum absolute atomic E-state index is 5.54. The van der Waals surface area contributed by atoms with Gasteiger partial charge >= 0.3 is 0 Å². The van der Waals surface area contributed by atoms with Gasteiger partial charge in [-0.25, -0.2) is 4.98 Å². The van der Waals surface area contributed by atoms with Gasteiger partial charge in [0.05, 0.1) is 0 Å². The third-order valence-corrected chi connectivity index (χ3v) is 1.48. The predicted octanol–water partition coefficient (Wildman–Crippen LogP) is 1.45. The number of anilines is 1. The van der Waals surface area contributed by atoms with Crippen molar-refractivity contribution in [3.05, 3.63) is 23.9 Å². The summed E-state index contributed by atoms with van der Waals surface area (Å²) in [6, 6.07) is 3.79. The number of halogens is 1. The van der Waals surface area contributed by atoms with E-state index in [0.29, 0.717) is 11.7 Å². The fourth-order valence-corrected chi connectivity index (χ4v) is 0.968. The van der Waals surface area contributed by atoms with Gasteiger partial charge in [0.15, 0.2) is 0 Å². The van der Waals surface area contributed by atoms with Crippen LogP contribution in [0.15, 0.2) is 18.3 Å². The summed E-state index contributed by atoms with van der Waals surface area (Å²) >= 11 is 5.52. The molecule has 2 nitrogen and oxygen atoms in total. The molecule has 0 saturated carbocycles. The SMILES string of the molecule is Nc1ncccc1CCCl. The Balaban J connectivity index is 2.81. The number of nitrogens with zero attached hydrogens (tertiary/aromatic N) is 1. The van der Waals surface area contributed by atoms with Gasteiger partial charge in [0.1, 0.15) is 5.82 Å². The Morgan fingerprint density at radius 3 is 3.00 bits per heavy atom. The average Bonchev–Trinajstić information content (AvgIpc) is 1.94. The standard InChI is InChI=1S/C7H9ClN2/c8-4-3-6-2-1-5-10-7(6)9/h1-2,5H,3-4H2,(H2,9,10). The fourth-order valence-electron chi connectivity index (χ4n) is 0.764. The number of hydrogen-bond donors (Lipinski definition) is 1. The summed E-state index contributed by atoms with van der Waals surface area (Å²) < 4.78 is 0. The topological polar surface area (TPSA) is 38.9 Å². The molecular weight excluding hydrogens is 148 g/mol. The molecule has 0 fully saturated rings. The van der Waals surface area contributed by atoms with Crippen molar-refractivity contribution in [3.8, 4) is 0 Å². The second-order valence-electron chi connectivity index (χ2n) is 1.99. The van der Waals surface area contributed by atoms with Crippen molar-refractivity contribution in [1.82, 2.24) is 4.98 Å². The Labute approximate surface area is 65.0 Å². The molecule has 0 aliphatic heterocycles. The van der Waals surface area contributed by atoms with Gasteiger partial charge in [-0.15, -0.1) is 11.6 Å². The first-order chi connectivity index (χ1) is 4.84. The lowest BCUT2D eigenvalue weighted by molar-refractivity contribution is 1.12. The third-order valence-electron chi connectivity index (χ3n) is 1.29. The van der Waals surface area contributed by atoms with Crippen LogP contribution in [0.1, 0.15) is 5.56 Å². The van der Waals surface area contributed by atoms with Crippen LogP contribution in [-0.4, -0.2) is 10.9 Å². The number of alkyl halides is 1. The lowest BCUT2D eigenvalue weighted by atomic mass is 10.2. The molecule has 3 heteroatoms. The highest BCUT2D eigenvalue weighted by Crippen LogP contribution is 2.07. The number of aromatic nitrogens is 1. The minimum Gasteiger partial charge on any atom is -0.383 e. The zero-order valence-electron chi connectivity index (χ0n) is 5.55. The molecule has 0 radical (unpaired) electrons. The smallest absolute Gasteiger partial charge is 0.126 e. The van der Waals surface area contributed by atoms with Crippen molar-refractivity contribution in [1.29, 1.82) is 0 Å². The Bertz CT molecular complexity index is 213. The summed E-state index contributed by atoms with van der Waals surface area (Å²) in [5.74, 6) is 1.18. The molecule has 0 amide bonds. The number of pyridine rings is 1. The van der Waals surface area contributed by atoms with E-state index in [1.54, 1.807) is 6.20 Å². The van der Waals surface area contributed by atoms with Crippen LogP contribution in [0.4, 0.5) is 5.82 Å². The van der Waals surface area contributed by atoms with Crippen LogP contribution < -0.4 is 5.73 Å². The molecule has 1 rings (SSSR count). The number of hydrogen-bond acceptors (Lipinski definition) is 2. The first-order valence-corrected chi connectivity index (χ1v) is 3.63. The highest BCUT2D eigenvalue weighted by atomic mass is 35.5. The zero-order valence-corrected chi connectivity index (χ0v) is 6.30. The summed E-state index contributed by atoms with van der Waals surface area (Å²) in [4.78, 5) is 3.92. The molecule has 0 aliphatic rings. The molecule has 0 atom stereocenters. The Kier molecular flexibility index (Phi) is 2.51. The van der Waals surface area contributed by atoms with Gasteiger partial charge in [-0.1, -0.05) is 6.07 Å². The summed E-state index contributed by atoms with van der Waals surface area (Å²) in [6.45, 7) is 0. The van der Waals surface area contributed by atoms with E-state index >= 15 is 0 Å². The molecule has 1 aromatic heterocycles. The third kappa shape index (κ3) is 1.61. The van der Waals surface area contributed by atoms with Crippen molar-refractivity contribution < 1.29 is 0 Å². The van der Waals surface area contributed by atoms with Gasteiger partial charge in [0, 0.05) is 12.1 Å². The van der Waals surface area contributed by atoms with E-state index in [-0.39, 0.29) is 0 Å². The number of nitrogen functional groups attached to an aromatic ring is 1. The van der Waals surface area contributed by atoms with E-state index in [1.807, 2.05) is 12.1 Å². The summed E-state index contributed by atoms with van der Waals surface area (Å²) in [5.41, 5.74) is 6.56. The van der Waals surface area contributed by atoms with Crippen molar-refractivity contribution in [3.63, 3.8) is 0 Å². The van der Waals surface area contributed by atoms with Gasteiger partial charge in [-0.2, -0.15) is 0 Å². The zero-order chi connectivity index (χ0) is 7.40. The molecule has 0 spiro atoms. The van der Waals surface area contributed by atoms with Crippen LogP contribution in [0.2, 0.25) is 0 Å². The predicted molar refractivity (Wildman–Crippen MR) is 43.1 cm³/mol. The minimum absolute atomic E-state index is 0.586. The summed E-state index contributed by atoms with van der Waals surface area (Å²) in [6.07, 6.45) is 2.47. The van der Waals surface area contributed by atoms with Crippen molar-refractivity contribution in [2.24, 2.45) is 0 Å². The second kappa shape index (κ2) is 3.42. The molecule has 0 saturated heterocycles. The quantitative estimate of drug-likeness (QED) is 0.659. The highest BCUT2D eigenvalue weighted by molar-refractivity contribution is 6.18. The molecule has 0 bridgehead atoms. The maximum Gasteiger partial charge on any atom is 0.126 e. The largest absolute Gasteiger partial charge is 0.383 e. The Morgan fingerprint density at radius 2 is 2.40 bits per heavy atom. The fraction of sp³-hybridized carbons (Fsp3) is 0.286. The first kappa shape index (κ1) is 7.35. The Morgan fingerprint density at radius 1 is 1.60 bits per heavy atom. The normalized spacial score (nSPS) is 9.70. The van der Waals surface area contributed by atoms with Crippen molar-refractivity contribution >= 4 is 17.4 Å². The number of rotatable bonds is 2. The van der Waals surface area contributed by atoms with Gasteiger partial charge < -0.3 is 5.73 Å². The molecule has 2 N–H and O–H groups in total. The number of aryl methyl sites for hydroxylation is 1. The molecule has 1 aromatic rings. The van der Waals surface area contributed by atoms with Crippen LogP contribution in [-0.2, 0) is 6.42 Å². The van der Waals surface area contributed by atoms with Crippen LogP contribution >= 0.6 is 11.6 Å². The average molecular weight is 157 g/mol. The van der Waals surface area contributed by atoms with Crippen LogP contribution in [0.25, 0.3) is 0 Å². The molecule has 1 heterocycles. The second-order valence-corrected chi connectivity index (χ2v) is 2.36. The van der Waals surface area contributed by atoms with E-state index in [2.05, 4.69) is 4.98 Å². The molecule has 0 unspecified atom stereocenters. The Hall–Kier alpha value is -0.760. The van der Waals surface area contributed by atoms with E-state index in [4.69, 9.17) is 17.3 Å². The van der Waals surface area contributed by atoms with E-state index < -0.39 is 0 Å². The van der Waals surface area contributed by atoms with Gasteiger partial charge in [-0.3, -0.25) is 0 Å². The van der Waals surface area contributed by atoms with Gasteiger partial charge in [0.2, 0.25) is 0 Å². The summed E-state index contributed by atoms with van der Waals surface area (Å²) in [7, 11) is 0. The van der Waals surface area contributed by atoms with Crippen molar-refractivity contribution in [2.45, 2.75) is 6.42 Å². The molecule has 0 aliphatic carbocycles. The van der Waals surface area contributed by atoms with Crippen molar-refractivity contribution in [2.75, 3.05) is 11.6 Å². The molecular formula is C7H9ClN2. The highest BCUT2D eigenvalue weighted by Gasteiger charge is 1.95. The number of nitrogens with two attached hydrogens (primary N) is 1. The summed E-state index contributed by atoms with van der Waals surface area (Å²) in [5, 5.41) is 0. The van der Waals surface area contributed by atoms with E-state index in [0.717, 1.165) is 12.0 Å². The van der Waals surface area contributed by atoms with E-state index in [9.17, 15) is 0 Å². The monoisotopic (exact) mass is 156 g/mol.